The van der Waals surface area contributed by atoms with Gasteiger partial charge in [0.2, 0.25) is 0 Å². The molecule has 0 unspecified atom stereocenters. The predicted molar refractivity (Wildman–Crippen MR) is 79.4 cm³/mol. The third kappa shape index (κ3) is 16.1. The van der Waals surface area contributed by atoms with Crippen molar-refractivity contribution in [2.75, 3.05) is 0 Å². The van der Waals surface area contributed by atoms with Crippen molar-refractivity contribution >= 4 is 12.0 Å². The maximum atomic E-state index is 9.51. The van der Waals surface area contributed by atoms with Crippen LogP contribution < -0.4 is 0 Å². The van der Waals surface area contributed by atoms with Crippen molar-refractivity contribution in [1.29, 1.82) is 0 Å². The number of aliphatic carboxylic acids is 1. The van der Waals surface area contributed by atoms with Gasteiger partial charge in [-0.15, -0.1) is 0 Å². The maximum absolute atomic E-state index is 9.51. The highest BCUT2D eigenvalue weighted by Crippen LogP contribution is 1.97. The van der Waals surface area contributed by atoms with Crippen LogP contribution in [0.4, 0.5) is 0 Å². The first kappa shape index (κ1) is 18.0. The van der Waals surface area contributed by atoms with Crippen molar-refractivity contribution in [2.24, 2.45) is 0 Å². The molecular formula is C16H20O2. The van der Waals surface area contributed by atoms with Gasteiger partial charge in [-0.3, -0.25) is 0 Å². The SMILES string of the molecule is C=CC=C.C=Cc1ccccc1.CC=CC(=O)O. The second kappa shape index (κ2) is 14.6. The molecule has 0 radical (unpaired) electrons. The Bertz CT molecular complexity index is 369. The molecule has 18 heavy (non-hydrogen) atoms. The molecule has 1 N–H and O–H groups in total. The Morgan fingerprint density at radius 2 is 1.61 bits per heavy atom. The minimum absolute atomic E-state index is 0.891. The van der Waals surface area contributed by atoms with Crippen molar-refractivity contribution in [1.82, 2.24) is 0 Å². The minimum atomic E-state index is -0.891. The number of hydrogen-bond acceptors (Lipinski definition) is 1. The normalized spacial score (nSPS) is 8.06. The topological polar surface area (TPSA) is 37.3 Å². The largest absolute Gasteiger partial charge is 0.478 e. The average Bonchev–Trinajstić information content (AvgIpc) is 2.40. The highest BCUT2D eigenvalue weighted by atomic mass is 16.4. The van der Waals surface area contributed by atoms with E-state index in [2.05, 4.69) is 19.7 Å². The Morgan fingerprint density at radius 1 is 1.11 bits per heavy atom. The van der Waals surface area contributed by atoms with E-state index < -0.39 is 5.97 Å². The van der Waals surface area contributed by atoms with Crippen molar-refractivity contribution < 1.29 is 9.90 Å². The second-order valence-electron chi connectivity index (χ2n) is 2.92. The molecule has 0 bridgehead atoms. The number of carboxylic acids is 1. The molecule has 0 spiro atoms. The molecule has 0 atom stereocenters. The van der Waals surface area contributed by atoms with E-state index in [1.54, 1.807) is 19.1 Å². The summed E-state index contributed by atoms with van der Waals surface area (Å²) < 4.78 is 0. The van der Waals surface area contributed by atoms with Crippen LogP contribution >= 0.6 is 0 Å². The fourth-order valence-electron chi connectivity index (χ4n) is 0.732. The lowest BCUT2D eigenvalue weighted by molar-refractivity contribution is -0.131. The summed E-state index contributed by atoms with van der Waals surface area (Å²) in [5, 5.41) is 7.83. The highest BCUT2D eigenvalue weighted by molar-refractivity contribution is 5.79. The van der Waals surface area contributed by atoms with Gasteiger partial charge >= 0.3 is 5.97 Å². The third-order valence-electron chi connectivity index (χ3n) is 1.51. The van der Waals surface area contributed by atoms with Gasteiger partial charge in [0.15, 0.2) is 0 Å². The van der Waals surface area contributed by atoms with Crippen molar-refractivity contribution in [3.8, 4) is 0 Å². The first-order valence-electron chi connectivity index (χ1n) is 5.38. The Kier molecular flexibility index (Phi) is 14.7. The summed E-state index contributed by atoms with van der Waals surface area (Å²) >= 11 is 0. The Labute approximate surface area is 109 Å². The highest BCUT2D eigenvalue weighted by Gasteiger charge is 1.77. The first-order valence-corrected chi connectivity index (χ1v) is 5.38. The number of benzene rings is 1. The lowest BCUT2D eigenvalue weighted by atomic mass is 10.2. The van der Waals surface area contributed by atoms with Gasteiger partial charge in [-0.05, 0) is 12.5 Å². The van der Waals surface area contributed by atoms with Crippen LogP contribution in [-0.2, 0) is 4.79 Å². The van der Waals surface area contributed by atoms with Gasteiger partial charge in [-0.1, -0.05) is 74.4 Å². The molecule has 0 heterocycles. The molecule has 2 heteroatoms. The summed E-state index contributed by atoms with van der Waals surface area (Å²) in [6, 6.07) is 10.0. The van der Waals surface area contributed by atoms with E-state index in [1.807, 2.05) is 36.4 Å². The lowest BCUT2D eigenvalue weighted by Crippen LogP contribution is -1.83. The standard InChI is InChI=1S/C8H8.C4H6O2.C4H6/c1-2-8-6-4-3-5-7-8;1-2-3-4(5)6;1-3-4-2/h2-7H,1H2;2-3H,1H3,(H,5,6);3-4H,1-2H2. The van der Waals surface area contributed by atoms with E-state index in [-0.39, 0.29) is 0 Å². The van der Waals surface area contributed by atoms with Crippen molar-refractivity contribution in [2.45, 2.75) is 6.92 Å². The second-order valence-corrected chi connectivity index (χ2v) is 2.92. The zero-order valence-corrected chi connectivity index (χ0v) is 10.8. The molecule has 0 fully saturated rings. The molecule has 96 valence electrons. The van der Waals surface area contributed by atoms with Crippen molar-refractivity contribution in [3.63, 3.8) is 0 Å². The van der Waals surface area contributed by atoms with Crippen LogP contribution in [-0.4, -0.2) is 11.1 Å². The summed E-state index contributed by atoms with van der Waals surface area (Å²) in [6.07, 6.45) is 7.67. The first-order chi connectivity index (χ1) is 8.62. The zero-order chi connectivity index (χ0) is 14.2. The van der Waals surface area contributed by atoms with Gasteiger partial charge in [-0.25, -0.2) is 4.79 Å². The zero-order valence-electron chi connectivity index (χ0n) is 10.8. The molecule has 0 amide bonds. The van der Waals surface area contributed by atoms with E-state index >= 15 is 0 Å². The molecule has 1 aromatic rings. The van der Waals surface area contributed by atoms with E-state index in [9.17, 15) is 4.79 Å². The molecule has 1 aromatic carbocycles. The number of carboxylic acid groups (broad SMARTS) is 1. The van der Waals surface area contributed by atoms with Gasteiger partial charge in [0.25, 0.3) is 0 Å². The van der Waals surface area contributed by atoms with Crippen LogP contribution in [0.5, 0.6) is 0 Å². The summed E-state index contributed by atoms with van der Waals surface area (Å²) in [5.74, 6) is -0.891. The summed E-state index contributed by atoms with van der Waals surface area (Å²) in [6.45, 7) is 12.0. The van der Waals surface area contributed by atoms with E-state index in [0.29, 0.717) is 0 Å². The smallest absolute Gasteiger partial charge is 0.327 e. The van der Waals surface area contributed by atoms with Gasteiger partial charge < -0.3 is 5.11 Å². The minimum Gasteiger partial charge on any atom is -0.478 e. The fourth-order valence-corrected chi connectivity index (χ4v) is 0.732. The van der Waals surface area contributed by atoms with Gasteiger partial charge in [-0.2, -0.15) is 0 Å². The molecule has 0 aliphatic carbocycles. The van der Waals surface area contributed by atoms with Gasteiger partial charge in [0, 0.05) is 6.08 Å². The molecule has 0 saturated heterocycles. The predicted octanol–water partition coefficient (Wildman–Crippen LogP) is 4.34. The van der Waals surface area contributed by atoms with Crippen LogP contribution in [0.15, 0.2) is 74.4 Å². The number of carbonyl (C=O) groups is 1. The van der Waals surface area contributed by atoms with Crippen LogP contribution in [0.3, 0.4) is 0 Å². The van der Waals surface area contributed by atoms with Crippen molar-refractivity contribution in [3.05, 3.63) is 79.9 Å². The molecule has 0 aliphatic rings. The number of allylic oxidation sites excluding steroid dienone is 3. The molecule has 0 aliphatic heterocycles. The monoisotopic (exact) mass is 244 g/mol. The molecule has 2 nitrogen and oxygen atoms in total. The molecule has 0 aromatic heterocycles. The van der Waals surface area contributed by atoms with E-state index in [4.69, 9.17) is 5.11 Å². The molecule has 0 saturated carbocycles. The van der Waals surface area contributed by atoms with Crippen LogP contribution in [0.25, 0.3) is 6.08 Å². The number of rotatable bonds is 3. The lowest BCUT2D eigenvalue weighted by Gasteiger charge is -1.85. The van der Waals surface area contributed by atoms with E-state index in [0.717, 1.165) is 6.08 Å². The number of hydrogen-bond donors (Lipinski definition) is 1. The summed E-state index contributed by atoms with van der Waals surface area (Å²) in [5.41, 5.74) is 1.17. The van der Waals surface area contributed by atoms with Gasteiger partial charge in [0.05, 0.1) is 0 Å². The Balaban J connectivity index is 0. The van der Waals surface area contributed by atoms with Crippen LogP contribution in [0.1, 0.15) is 12.5 Å². The average molecular weight is 244 g/mol. The summed E-state index contributed by atoms with van der Waals surface area (Å²) in [7, 11) is 0. The maximum Gasteiger partial charge on any atom is 0.327 e. The van der Waals surface area contributed by atoms with Crippen LogP contribution in [0.2, 0.25) is 0 Å². The molecule has 1 rings (SSSR count). The van der Waals surface area contributed by atoms with E-state index in [1.165, 1.54) is 11.6 Å². The van der Waals surface area contributed by atoms with Crippen LogP contribution in [0, 0.1) is 0 Å². The third-order valence-corrected chi connectivity index (χ3v) is 1.51. The quantitative estimate of drug-likeness (QED) is 0.634. The van der Waals surface area contributed by atoms with Gasteiger partial charge in [0.1, 0.15) is 0 Å². The fraction of sp³-hybridized carbons (Fsp3) is 0.0625. The Morgan fingerprint density at radius 3 is 1.78 bits per heavy atom. The summed E-state index contributed by atoms with van der Waals surface area (Å²) in [4.78, 5) is 9.51. The Hall–Kier alpha value is -2.35. The molecular weight excluding hydrogens is 224 g/mol.